The van der Waals surface area contributed by atoms with Crippen LogP contribution >= 0.6 is 11.8 Å². The molecule has 1 nitrogen and oxygen atoms in total. The fourth-order valence-electron chi connectivity index (χ4n) is 2.96. The highest BCUT2D eigenvalue weighted by molar-refractivity contribution is 8.00. The van der Waals surface area contributed by atoms with Crippen LogP contribution in [0.15, 0.2) is 24.3 Å². The van der Waals surface area contributed by atoms with Crippen LogP contribution in [-0.2, 0) is 0 Å². The fraction of sp³-hybridized carbons (Fsp3) is 0.625. The van der Waals surface area contributed by atoms with Gasteiger partial charge in [0.05, 0.1) is 0 Å². The van der Waals surface area contributed by atoms with Gasteiger partial charge in [0.2, 0.25) is 0 Å². The van der Waals surface area contributed by atoms with Crippen LogP contribution in [0.1, 0.15) is 44.2 Å². The van der Waals surface area contributed by atoms with Gasteiger partial charge in [0.25, 0.3) is 0 Å². The van der Waals surface area contributed by atoms with Crippen molar-refractivity contribution in [2.45, 2.75) is 43.4 Å². The summed E-state index contributed by atoms with van der Waals surface area (Å²) in [6, 6.07) is 7.46. The number of halogens is 1. The molecular formula is C16H22FNS. The van der Waals surface area contributed by atoms with Gasteiger partial charge in [-0.05, 0) is 62.0 Å². The molecule has 3 rings (SSSR count). The van der Waals surface area contributed by atoms with Crippen molar-refractivity contribution in [2.24, 2.45) is 5.92 Å². The zero-order valence-electron chi connectivity index (χ0n) is 11.5. The summed E-state index contributed by atoms with van der Waals surface area (Å²) in [5.74, 6) is 1.90. The zero-order valence-corrected chi connectivity index (χ0v) is 12.3. The molecular weight excluding hydrogens is 257 g/mol. The molecule has 1 saturated heterocycles. The molecule has 1 saturated carbocycles. The molecule has 0 spiro atoms. The molecule has 104 valence electrons. The van der Waals surface area contributed by atoms with Gasteiger partial charge in [-0.25, -0.2) is 4.39 Å². The number of nitrogens with one attached hydrogen (secondary N) is 1. The van der Waals surface area contributed by atoms with Crippen LogP contribution in [0.4, 0.5) is 4.39 Å². The van der Waals surface area contributed by atoms with Crippen LogP contribution in [0.2, 0.25) is 0 Å². The zero-order chi connectivity index (χ0) is 13.3. The van der Waals surface area contributed by atoms with E-state index in [1.54, 1.807) is 12.1 Å². The lowest BCUT2D eigenvalue weighted by atomic mass is 10.00. The van der Waals surface area contributed by atoms with Gasteiger partial charge in [-0.2, -0.15) is 11.8 Å². The normalized spacial score (nSPS) is 28.5. The molecule has 2 unspecified atom stereocenters. The van der Waals surface area contributed by atoms with Gasteiger partial charge in [-0.1, -0.05) is 12.1 Å². The van der Waals surface area contributed by atoms with E-state index in [2.05, 4.69) is 24.0 Å². The van der Waals surface area contributed by atoms with Crippen LogP contribution in [0.25, 0.3) is 0 Å². The van der Waals surface area contributed by atoms with Crippen LogP contribution in [-0.4, -0.2) is 17.0 Å². The standard InChI is InChI=1S/C16H22FNS/c1-16(9-2-10-19-16)11-18-15(12-3-4-12)13-5-7-14(17)8-6-13/h5-8,12,15,18H,2-4,9-11H2,1H3. The smallest absolute Gasteiger partial charge is 0.123 e. The first-order chi connectivity index (χ1) is 9.16. The van der Waals surface area contributed by atoms with Gasteiger partial charge in [0.1, 0.15) is 5.82 Å². The minimum Gasteiger partial charge on any atom is -0.308 e. The lowest BCUT2D eigenvalue weighted by molar-refractivity contribution is 0.437. The maximum atomic E-state index is 13.0. The van der Waals surface area contributed by atoms with Crippen LogP contribution in [0.3, 0.4) is 0 Å². The van der Waals surface area contributed by atoms with Crippen molar-refractivity contribution >= 4 is 11.8 Å². The molecule has 1 aromatic carbocycles. The Balaban J connectivity index is 1.66. The predicted octanol–water partition coefficient (Wildman–Crippen LogP) is 4.15. The van der Waals surface area contributed by atoms with Crippen LogP contribution < -0.4 is 5.32 Å². The molecule has 2 atom stereocenters. The van der Waals surface area contributed by atoms with Crippen molar-refractivity contribution in [3.63, 3.8) is 0 Å². The fourth-order valence-corrected chi connectivity index (χ4v) is 4.21. The number of hydrogen-bond acceptors (Lipinski definition) is 2. The largest absolute Gasteiger partial charge is 0.308 e. The van der Waals surface area contributed by atoms with E-state index in [0.29, 0.717) is 10.8 Å². The van der Waals surface area contributed by atoms with Gasteiger partial charge in [-0.3, -0.25) is 0 Å². The Morgan fingerprint density at radius 1 is 1.37 bits per heavy atom. The van der Waals surface area contributed by atoms with Gasteiger partial charge in [-0.15, -0.1) is 0 Å². The Morgan fingerprint density at radius 3 is 2.68 bits per heavy atom. The van der Waals surface area contributed by atoms with E-state index in [1.807, 2.05) is 12.1 Å². The lowest BCUT2D eigenvalue weighted by Crippen LogP contribution is -2.36. The van der Waals surface area contributed by atoms with Gasteiger partial charge < -0.3 is 5.32 Å². The highest BCUT2D eigenvalue weighted by atomic mass is 32.2. The molecule has 1 aliphatic carbocycles. The molecule has 1 heterocycles. The number of rotatable bonds is 5. The summed E-state index contributed by atoms with van der Waals surface area (Å²) in [7, 11) is 0. The summed E-state index contributed by atoms with van der Waals surface area (Å²) >= 11 is 2.09. The summed E-state index contributed by atoms with van der Waals surface area (Å²) < 4.78 is 13.4. The third-order valence-corrected chi connectivity index (χ3v) is 5.86. The van der Waals surface area contributed by atoms with Crippen molar-refractivity contribution in [3.8, 4) is 0 Å². The molecule has 1 N–H and O–H groups in total. The van der Waals surface area contributed by atoms with Crippen molar-refractivity contribution < 1.29 is 4.39 Å². The molecule has 0 radical (unpaired) electrons. The summed E-state index contributed by atoms with van der Waals surface area (Å²) in [4.78, 5) is 0. The molecule has 1 aliphatic heterocycles. The second kappa shape index (κ2) is 5.45. The van der Waals surface area contributed by atoms with E-state index in [4.69, 9.17) is 0 Å². The SMILES string of the molecule is CC1(CNC(c2ccc(F)cc2)C2CC2)CCCS1. The maximum absolute atomic E-state index is 13.0. The Hall–Kier alpha value is -0.540. The number of benzene rings is 1. The predicted molar refractivity (Wildman–Crippen MR) is 80.0 cm³/mol. The Morgan fingerprint density at radius 2 is 2.11 bits per heavy atom. The molecule has 19 heavy (non-hydrogen) atoms. The van der Waals surface area contributed by atoms with E-state index >= 15 is 0 Å². The summed E-state index contributed by atoms with van der Waals surface area (Å²) in [5, 5.41) is 3.76. The number of hydrogen-bond donors (Lipinski definition) is 1. The van der Waals surface area contributed by atoms with Crippen molar-refractivity contribution in [1.82, 2.24) is 5.32 Å². The monoisotopic (exact) mass is 279 g/mol. The highest BCUT2D eigenvalue weighted by Gasteiger charge is 2.35. The minimum absolute atomic E-state index is 0.142. The van der Waals surface area contributed by atoms with E-state index < -0.39 is 0 Å². The summed E-state index contributed by atoms with van der Waals surface area (Å²) in [6.45, 7) is 3.43. The van der Waals surface area contributed by atoms with Gasteiger partial charge in [0, 0.05) is 17.3 Å². The number of thioether (sulfide) groups is 1. The quantitative estimate of drug-likeness (QED) is 0.869. The van der Waals surface area contributed by atoms with Crippen LogP contribution in [0.5, 0.6) is 0 Å². The summed E-state index contributed by atoms with van der Waals surface area (Å²) in [6.07, 6.45) is 5.26. The average Bonchev–Trinajstić information content (AvgIpc) is 3.14. The molecule has 1 aromatic rings. The first-order valence-electron chi connectivity index (χ1n) is 7.29. The van der Waals surface area contributed by atoms with E-state index in [0.717, 1.165) is 12.5 Å². The maximum Gasteiger partial charge on any atom is 0.123 e. The third-order valence-electron chi connectivity index (χ3n) is 4.32. The molecule has 0 aromatic heterocycles. The molecule has 2 aliphatic rings. The topological polar surface area (TPSA) is 12.0 Å². The van der Waals surface area contributed by atoms with E-state index in [9.17, 15) is 4.39 Å². The average molecular weight is 279 g/mol. The Labute approximate surface area is 119 Å². The second-order valence-corrected chi connectivity index (χ2v) is 7.83. The first-order valence-corrected chi connectivity index (χ1v) is 8.28. The van der Waals surface area contributed by atoms with Crippen molar-refractivity contribution in [3.05, 3.63) is 35.6 Å². The van der Waals surface area contributed by atoms with Crippen molar-refractivity contribution in [2.75, 3.05) is 12.3 Å². The van der Waals surface area contributed by atoms with Crippen molar-refractivity contribution in [1.29, 1.82) is 0 Å². The van der Waals surface area contributed by atoms with E-state index in [1.165, 1.54) is 37.0 Å². The van der Waals surface area contributed by atoms with Gasteiger partial charge in [0.15, 0.2) is 0 Å². The molecule has 3 heteroatoms. The van der Waals surface area contributed by atoms with Crippen LogP contribution in [0, 0.1) is 11.7 Å². The highest BCUT2D eigenvalue weighted by Crippen LogP contribution is 2.43. The Kier molecular flexibility index (Phi) is 3.86. The lowest BCUT2D eigenvalue weighted by Gasteiger charge is -2.27. The second-order valence-electron chi connectivity index (χ2n) is 6.15. The molecule has 0 bridgehead atoms. The minimum atomic E-state index is -0.142. The van der Waals surface area contributed by atoms with E-state index in [-0.39, 0.29) is 5.82 Å². The molecule has 2 fully saturated rings. The summed E-state index contributed by atoms with van der Waals surface area (Å²) in [5.41, 5.74) is 1.25. The Bertz CT molecular complexity index is 421. The first kappa shape index (κ1) is 13.4. The van der Waals surface area contributed by atoms with Gasteiger partial charge >= 0.3 is 0 Å². The molecule has 0 amide bonds. The third kappa shape index (κ3) is 3.32.